The number of nitrogens with zero attached hydrogens (tertiary/aromatic N) is 2. The molecule has 0 saturated heterocycles. The van der Waals surface area contributed by atoms with E-state index in [0.717, 1.165) is 5.52 Å². The Labute approximate surface area is 156 Å². The molecule has 0 bridgehead atoms. The van der Waals surface area contributed by atoms with E-state index >= 15 is 0 Å². The number of hydrogen-bond donors (Lipinski definition) is 3. The Balaban J connectivity index is 1.50. The lowest BCUT2D eigenvalue weighted by Gasteiger charge is -2.10. The minimum absolute atomic E-state index is 0.0416. The zero-order valence-electron chi connectivity index (χ0n) is 14.5. The standard InChI is InChI=1S/C17H19N5O4S/c1-26-16-4-2-3-13(12-16)20-17(23)18-8-10-27(24,25)21-14-6-9-22-15(11-14)5-7-19-22/h2-7,9,11-12,21H,8,10H2,1H3,(H2,18,20,23). The van der Waals surface area contributed by atoms with Crippen LogP contribution < -0.4 is 20.1 Å². The van der Waals surface area contributed by atoms with E-state index in [1.165, 1.54) is 7.11 Å². The van der Waals surface area contributed by atoms with E-state index < -0.39 is 16.1 Å². The molecule has 2 amide bonds. The SMILES string of the molecule is COc1cccc(NC(=O)NCCS(=O)(=O)Nc2ccn3nccc3c2)c1. The van der Waals surface area contributed by atoms with Gasteiger partial charge in [0.25, 0.3) is 0 Å². The molecule has 2 aromatic heterocycles. The molecule has 3 aromatic rings. The van der Waals surface area contributed by atoms with Crippen molar-refractivity contribution in [2.75, 3.05) is 29.4 Å². The van der Waals surface area contributed by atoms with Crippen LogP contribution in [0.1, 0.15) is 0 Å². The van der Waals surface area contributed by atoms with E-state index in [4.69, 9.17) is 4.74 Å². The molecule has 0 atom stereocenters. The summed E-state index contributed by atoms with van der Waals surface area (Å²) in [5.74, 6) is 0.345. The van der Waals surface area contributed by atoms with Crippen molar-refractivity contribution in [1.82, 2.24) is 14.9 Å². The van der Waals surface area contributed by atoms with Crippen LogP contribution in [0.2, 0.25) is 0 Å². The van der Waals surface area contributed by atoms with Crippen LogP contribution in [0.5, 0.6) is 5.75 Å². The molecular formula is C17H19N5O4S. The lowest BCUT2D eigenvalue weighted by Crippen LogP contribution is -2.34. The number of nitrogens with one attached hydrogen (secondary N) is 3. The van der Waals surface area contributed by atoms with Crippen LogP contribution in [0.15, 0.2) is 54.9 Å². The number of carbonyl (C=O) groups is 1. The first-order chi connectivity index (χ1) is 12.9. The van der Waals surface area contributed by atoms with Gasteiger partial charge < -0.3 is 15.4 Å². The zero-order chi connectivity index (χ0) is 19.3. The quantitative estimate of drug-likeness (QED) is 0.571. The van der Waals surface area contributed by atoms with E-state index in [1.807, 2.05) is 0 Å². The van der Waals surface area contributed by atoms with Crippen molar-refractivity contribution in [1.29, 1.82) is 0 Å². The third kappa shape index (κ3) is 5.11. The van der Waals surface area contributed by atoms with Gasteiger partial charge in [0, 0.05) is 30.7 Å². The van der Waals surface area contributed by atoms with Gasteiger partial charge in [-0.1, -0.05) is 6.07 Å². The van der Waals surface area contributed by atoms with Crippen molar-refractivity contribution in [3.8, 4) is 5.75 Å². The van der Waals surface area contributed by atoms with Crippen LogP contribution in [0, 0.1) is 0 Å². The highest BCUT2D eigenvalue weighted by molar-refractivity contribution is 7.92. The number of carbonyl (C=O) groups excluding carboxylic acids is 1. The van der Waals surface area contributed by atoms with Crippen LogP contribution in [0.4, 0.5) is 16.2 Å². The molecule has 1 aromatic carbocycles. The number of hydrogen-bond acceptors (Lipinski definition) is 5. The predicted molar refractivity (Wildman–Crippen MR) is 103 cm³/mol. The topological polar surface area (TPSA) is 114 Å². The van der Waals surface area contributed by atoms with Gasteiger partial charge in [-0.25, -0.2) is 17.7 Å². The average Bonchev–Trinajstić information content (AvgIpc) is 3.09. The molecule has 0 radical (unpaired) electrons. The van der Waals surface area contributed by atoms with Gasteiger partial charge in [-0.05, 0) is 30.3 Å². The molecule has 0 aliphatic carbocycles. The van der Waals surface area contributed by atoms with E-state index in [0.29, 0.717) is 17.1 Å². The minimum Gasteiger partial charge on any atom is -0.497 e. The molecule has 0 aliphatic rings. The Bertz CT molecular complexity index is 1050. The third-order valence-corrected chi connectivity index (χ3v) is 4.95. The number of aromatic nitrogens is 2. The van der Waals surface area contributed by atoms with Crippen molar-refractivity contribution >= 4 is 32.9 Å². The fourth-order valence-corrected chi connectivity index (χ4v) is 3.35. The molecule has 0 saturated carbocycles. The molecule has 0 aliphatic heterocycles. The van der Waals surface area contributed by atoms with Crippen molar-refractivity contribution in [2.45, 2.75) is 0 Å². The minimum atomic E-state index is -3.61. The number of amides is 2. The molecule has 9 nitrogen and oxygen atoms in total. The van der Waals surface area contributed by atoms with Gasteiger partial charge in [0.05, 0.1) is 24.1 Å². The number of pyridine rings is 1. The zero-order valence-corrected chi connectivity index (χ0v) is 15.4. The summed E-state index contributed by atoms with van der Waals surface area (Å²) in [6.45, 7) is -0.0416. The Morgan fingerprint density at radius 2 is 2.04 bits per heavy atom. The number of urea groups is 1. The lowest BCUT2D eigenvalue weighted by atomic mass is 10.3. The maximum Gasteiger partial charge on any atom is 0.319 e. The highest BCUT2D eigenvalue weighted by Crippen LogP contribution is 2.16. The first-order valence-electron chi connectivity index (χ1n) is 8.08. The number of methoxy groups -OCH3 is 1. The molecule has 0 spiro atoms. The van der Waals surface area contributed by atoms with Crippen LogP contribution >= 0.6 is 0 Å². The van der Waals surface area contributed by atoms with Gasteiger partial charge in [0.15, 0.2) is 0 Å². The molecule has 3 rings (SSSR count). The van der Waals surface area contributed by atoms with Crippen LogP contribution in [-0.4, -0.2) is 43.5 Å². The summed E-state index contributed by atoms with van der Waals surface area (Å²) in [5, 5.41) is 9.17. The van der Waals surface area contributed by atoms with Crippen molar-refractivity contribution in [2.24, 2.45) is 0 Å². The molecule has 3 N–H and O–H groups in total. The van der Waals surface area contributed by atoms with E-state index in [1.54, 1.807) is 59.4 Å². The second kappa shape index (κ2) is 7.96. The number of fused-ring (bicyclic) bond motifs is 1. The Morgan fingerprint density at radius 3 is 2.85 bits per heavy atom. The van der Waals surface area contributed by atoms with Crippen molar-refractivity contribution in [3.05, 3.63) is 54.9 Å². The maximum atomic E-state index is 12.2. The van der Waals surface area contributed by atoms with Crippen LogP contribution in [-0.2, 0) is 10.0 Å². The van der Waals surface area contributed by atoms with Gasteiger partial charge in [-0.2, -0.15) is 5.10 Å². The van der Waals surface area contributed by atoms with Crippen LogP contribution in [0.3, 0.4) is 0 Å². The lowest BCUT2D eigenvalue weighted by molar-refractivity contribution is 0.252. The van der Waals surface area contributed by atoms with Crippen LogP contribution in [0.25, 0.3) is 5.52 Å². The maximum absolute atomic E-state index is 12.2. The van der Waals surface area contributed by atoms with E-state index in [-0.39, 0.29) is 12.3 Å². The van der Waals surface area contributed by atoms with Gasteiger partial charge in [0.1, 0.15) is 5.75 Å². The Morgan fingerprint density at radius 1 is 1.19 bits per heavy atom. The number of rotatable bonds is 7. The normalized spacial score (nSPS) is 11.1. The first kappa shape index (κ1) is 18.5. The Hall–Kier alpha value is -3.27. The molecule has 10 heteroatoms. The number of anilines is 2. The monoisotopic (exact) mass is 389 g/mol. The molecule has 2 heterocycles. The number of sulfonamides is 1. The van der Waals surface area contributed by atoms with Gasteiger partial charge in [-0.15, -0.1) is 0 Å². The summed E-state index contributed by atoms with van der Waals surface area (Å²) in [6.07, 6.45) is 3.28. The fraction of sp³-hybridized carbons (Fsp3) is 0.176. The van der Waals surface area contributed by atoms with Gasteiger partial charge in [0.2, 0.25) is 10.0 Å². The average molecular weight is 389 g/mol. The van der Waals surface area contributed by atoms with Crippen molar-refractivity contribution < 1.29 is 17.9 Å². The highest BCUT2D eigenvalue weighted by Gasteiger charge is 2.12. The van der Waals surface area contributed by atoms with Gasteiger partial charge >= 0.3 is 6.03 Å². The van der Waals surface area contributed by atoms with Gasteiger partial charge in [-0.3, -0.25) is 4.72 Å². The smallest absolute Gasteiger partial charge is 0.319 e. The molecule has 0 fully saturated rings. The molecule has 142 valence electrons. The van der Waals surface area contributed by atoms with E-state index in [9.17, 15) is 13.2 Å². The predicted octanol–water partition coefficient (Wildman–Crippen LogP) is 1.91. The first-order valence-corrected chi connectivity index (χ1v) is 9.73. The third-order valence-electron chi connectivity index (χ3n) is 3.66. The highest BCUT2D eigenvalue weighted by atomic mass is 32.2. The second-order valence-corrected chi connectivity index (χ2v) is 7.49. The summed E-state index contributed by atoms with van der Waals surface area (Å²) in [7, 11) is -2.08. The number of ether oxygens (including phenoxy) is 1. The summed E-state index contributed by atoms with van der Waals surface area (Å²) in [6, 6.07) is 11.4. The second-order valence-electron chi connectivity index (χ2n) is 5.65. The Kier molecular flexibility index (Phi) is 5.46. The fourth-order valence-electron chi connectivity index (χ4n) is 2.39. The molecule has 0 unspecified atom stereocenters. The molecule has 27 heavy (non-hydrogen) atoms. The van der Waals surface area contributed by atoms with Crippen molar-refractivity contribution in [3.63, 3.8) is 0 Å². The summed E-state index contributed by atoms with van der Waals surface area (Å²) in [4.78, 5) is 11.9. The summed E-state index contributed by atoms with van der Waals surface area (Å²) < 4.78 is 33.5. The molecular weight excluding hydrogens is 370 g/mol. The summed E-state index contributed by atoms with van der Waals surface area (Å²) in [5.41, 5.74) is 1.75. The number of benzene rings is 1. The van der Waals surface area contributed by atoms with E-state index in [2.05, 4.69) is 20.5 Å². The largest absolute Gasteiger partial charge is 0.497 e. The summed E-state index contributed by atoms with van der Waals surface area (Å²) >= 11 is 0.